The molecule has 1 fully saturated rings. The van der Waals surface area contributed by atoms with Crippen molar-refractivity contribution in [2.75, 3.05) is 44.6 Å². The molecule has 110 valence electrons. The molecule has 0 aliphatic carbocycles. The number of benzene rings is 1. The Hall–Kier alpha value is -0.930. The number of anilines is 1. The van der Waals surface area contributed by atoms with E-state index in [2.05, 4.69) is 38.1 Å². The Bertz CT molecular complexity index is 464. The van der Waals surface area contributed by atoms with Gasteiger partial charge in [0.25, 0.3) is 5.69 Å². The molecule has 0 atom stereocenters. The van der Waals surface area contributed by atoms with E-state index in [0.717, 1.165) is 54.9 Å². The quantitative estimate of drug-likeness (QED) is 0.336. The smallest absolute Gasteiger partial charge is 0.270 e. The van der Waals surface area contributed by atoms with Crippen molar-refractivity contribution >= 4 is 34.0 Å². The third kappa shape index (κ3) is 4.57. The second kappa shape index (κ2) is 7.75. The van der Waals surface area contributed by atoms with E-state index in [4.69, 9.17) is 0 Å². The van der Waals surface area contributed by atoms with Crippen molar-refractivity contribution in [3.05, 3.63) is 31.9 Å². The Labute approximate surface area is 132 Å². The van der Waals surface area contributed by atoms with Crippen LogP contribution in [0.4, 0.5) is 11.4 Å². The molecule has 0 bridgehead atoms. The molecule has 1 saturated heterocycles. The van der Waals surface area contributed by atoms with Crippen molar-refractivity contribution < 1.29 is 4.92 Å². The molecule has 0 radical (unpaired) electrons. The zero-order valence-electron chi connectivity index (χ0n) is 11.3. The van der Waals surface area contributed by atoms with Crippen LogP contribution in [0.2, 0.25) is 0 Å². The number of hydrogen-bond acceptors (Lipinski definition) is 5. The lowest BCUT2D eigenvalue weighted by Gasteiger charge is -2.27. The van der Waals surface area contributed by atoms with Crippen LogP contribution in [0.25, 0.3) is 0 Å². The summed E-state index contributed by atoms with van der Waals surface area (Å²) in [6, 6.07) is 4.92. The highest BCUT2D eigenvalue weighted by Crippen LogP contribution is 2.23. The monoisotopic (exact) mass is 390 g/mol. The fourth-order valence-electron chi connectivity index (χ4n) is 2.22. The number of halogens is 1. The molecule has 2 N–H and O–H groups in total. The fourth-order valence-corrected chi connectivity index (χ4v) is 2.91. The summed E-state index contributed by atoms with van der Waals surface area (Å²) >= 11 is 2.13. The van der Waals surface area contributed by atoms with Crippen LogP contribution in [0.15, 0.2) is 18.2 Å². The van der Waals surface area contributed by atoms with Crippen LogP contribution in [0.3, 0.4) is 0 Å². The van der Waals surface area contributed by atoms with Gasteiger partial charge in [-0.05, 0) is 41.6 Å². The minimum atomic E-state index is -0.365. The van der Waals surface area contributed by atoms with Gasteiger partial charge in [-0.2, -0.15) is 0 Å². The molecule has 0 aromatic heterocycles. The molecule has 0 saturated carbocycles. The first-order chi connectivity index (χ1) is 9.66. The average molecular weight is 390 g/mol. The molecule has 1 aliphatic heterocycles. The maximum atomic E-state index is 10.7. The van der Waals surface area contributed by atoms with Crippen LogP contribution in [-0.2, 0) is 0 Å². The minimum Gasteiger partial charge on any atom is -0.384 e. The van der Waals surface area contributed by atoms with Gasteiger partial charge in [0, 0.05) is 54.1 Å². The summed E-state index contributed by atoms with van der Waals surface area (Å²) in [5, 5.41) is 17.4. The van der Waals surface area contributed by atoms with Gasteiger partial charge in [0.2, 0.25) is 0 Å². The maximum absolute atomic E-state index is 10.7. The first-order valence-corrected chi connectivity index (χ1v) is 7.85. The third-order valence-corrected chi connectivity index (χ3v) is 4.23. The Morgan fingerprint density at radius 1 is 1.40 bits per heavy atom. The number of nitrogens with one attached hydrogen (secondary N) is 2. The van der Waals surface area contributed by atoms with Crippen molar-refractivity contribution in [3.8, 4) is 0 Å². The van der Waals surface area contributed by atoms with Gasteiger partial charge in [0.05, 0.1) is 4.92 Å². The lowest BCUT2D eigenvalue weighted by Crippen LogP contribution is -2.44. The van der Waals surface area contributed by atoms with Gasteiger partial charge in [-0.25, -0.2) is 0 Å². The largest absolute Gasteiger partial charge is 0.384 e. The molecular formula is C13H19IN4O2. The Kier molecular flexibility index (Phi) is 5.99. The zero-order chi connectivity index (χ0) is 14.4. The molecular weight excluding hydrogens is 371 g/mol. The van der Waals surface area contributed by atoms with E-state index in [1.807, 2.05) is 0 Å². The number of nitro groups is 1. The predicted octanol–water partition coefficient (Wildman–Crippen LogP) is 1.91. The zero-order valence-corrected chi connectivity index (χ0v) is 13.4. The van der Waals surface area contributed by atoms with Gasteiger partial charge in [-0.3, -0.25) is 10.1 Å². The van der Waals surface area contributed by atoms with E-state index in [9.17, 15) is 10.1 Å². The van der Waals surface area contributed by atoms with Gasteiger partial charge in [-0.1, -0.05) is 0 Å². The predicted molar refractivity (Wildman–Crippen MR) is 88.2 cm³/mol. The maximum Gasteiger partial charge on any atom is 0.270 e. The van der Waals surface area contributed by atoms with Crippen molar-refractivity contribution in [1.82, 2.24) is 10.2 Å². The first kappa shape index (κ1) is 15.5. The Balaban J connectivity index is 1.74. The molecule has 1 aromatic carbocycles. The molecule has 20 heavy (non-hydrogen) atoms. The number of rotatable bonds is 6. The SMILES string of the molecule is O=[N+]([O-])c1ccc(NCCCN2CCNCC2)c(I)c1. The lowest BCUT2D eigenvalue weighted by atomic mass is 10.2. The standard InChI is InChI=1S/C13H19IN4O2/c14-12-10-11(18(19)20)2-3-13(12)16-4-1-7-17-8-5-15-6-9-17/h2-3,10,15-16H,1,4-9H2. The van der Waals surface area contributed by atoms with E-state index in [0.29, 0.717) is 0 Å². The van der Waals surface area contributed by atoms with E-state index >= 15 is 0 Å². The van der Waals surface area contributed by atoms with Crippen molar-refractivity contribution in [2.24, 2.45) is 0 Å². The van der Waals surface area contributed by atoms with Crippen LogP contribution in [-0.4, -0.2) is 49.1 Å². The minimum absolute atomic E-state index is 0.140. The highest BCUT2D eigenvalue weighted by molar-refractivity contribution is 14.1. The molecule has 6 nitrogen and oxygen atoms in total. The topological polar surface area (TPSA) is 70.4 Å². The van der Waals surface area contributed by atoms with Crippen LogP contribution >= 0.6 is 22.6 Å². The molecule has 1 aromatic rings. The van der Waals surface area contributed by atoms with E-state index in [-0.39, 0.29) is 10.6 Å². The second-order valence-electron chi connectivity index (χ2n) is 4.79. The van der Waals surface area contributed by atoms with Gasteiger partial charge in [0.15, 0.2) is 0 Å². The van der Waals surface area contributed by atoms with Gasteiger partial charge in [-0.15, -0.1) is 0 Å². The first-order valence-electron chi connectivity index (χ1n) is 6.78. The van der Waals surface area contributed by atoms with Crippen LogP contribution in [0, 0.1) is 13.7 Å². The number of hydrogen-bond donors (Lipinski definition) is 2. The molecule has 0 spiro atoms. The normalized spacial score (nSPS) is 16.1. The van der Waals surface area contributed by atoms with Gasteiger partial charge in [0.1, 0.15) is 0 Å². The van der Waals surface area contributed by atoms with E-state index < -0.39 is 0 Å². The number of nitrogens with zero attached hydrogens (tertiary/aromatic N) is 2. The summed E-state index contributed by atoms with van der Waals surface area (Å²) < 4.78 is 0.888. The molecule has 1 heterocycles. The molecule has 7 heteroatoms. The summed E-state index contributed by atoms with van der Waals surface area (Å²) in [6.45, 7) is 6.38. The van der Waals surface area contributed by atoms with Gasteiger partial charge < -0.3 is 15.5 Å². The summed E-state index contributed by atoms with van der Waals surface area (Å²) in [6.07, 6.45) is 1.08. The van der Waals surface area contributed by atoms with Gasteiger partial charge >= 0.3 is 0 Å². The van der Waals surface area contributed by atoms with E-state index in [1.54, 1.807) is 18.2 Å². The third-order valence-electron chi connectivity index (χ3n) is 3.34. The fraction of sp³-hybridized carbons (Fsp3) is 0.538. The van der Waals surface area contributed by atoms with Crippen molar-refractivity contribution in [3.63, 3.8) is 0 Å². The molecule has 2 rings (SSSR count). The number of non-ortho nitro benzene ring substituents is 1. The highest BCUT2D eigenvalue weighted by atomic mass is 127. The van der Waals surface area contributed by atoms with E-state index in [1.165, 1.54) is 0 Å². The number of nitro benzene ring substituents is 1. The summed E-state index contributed by atoms with van der Waals surface area (Å²) in [5.41, 5.74) is 1.11. The van der Waals surface area contributed by atoms with Crippen LogP contribution < -0.4 is 10.6 Å². The molecule has 1 aliphatic rings. The highest BCUT2D eigenvalue weighted by Gasteiger charge is 2.10. The number of piperazine rings is 1. The molecule has 0 amide bonds. The summed E-state index contributed by atoms with van der Waals surface area (Å²) in [4.78, 5) is 12.8. The lowest BCUT2D eigenvalue weighted by molar-refractivity contribution is -0.384. The Morgan fingerprint density at radius 2 is 2.15 bits per heavy atom. The van der Waals surface area contributed by atoms with Crippen LogP contribution in [0.1, 0.15) is 6.42 Å². The molecule has 0 unspecified atom stereocenters. The summed E-state index contributed by atoms with van der Waals surface area (Å²) in [5.74, 6) is 0. The Morgan fingerprint density at radius 3 is 2.80 bits per heavy atom. The van der Waals surface area contributed by atoms with Crippen molar-refractivity contribution in [2.45, 2.75) is 6.42 Å². The van der Waals surface area contributed by atoms with Crippen LogP contribution in [0.5, 0.6) is 0 Å². The van der Waals surface area contributed by atoms with Crippen molar-refractivity contribution in [1.29, 1.82) is 0 Å². The second-order valence-corrected chi connectivity index (χ2v) is 5.96. The average Bonchev–Trinajstić information content (AvgIpc) is 2.46. The summed E-state index contributed by atoms with van der Waals surface area (Å²) in [7, 11) is 0.